The van der Waals surface area contributed by atoms with E-state index in [1.165, 1.54) is 6.07 Å². The maximum absolute atomic E-state index is 10.9. The highest BCUT2D eigenvalue weighted by Crippen LogP contribution is 2.21. The largest absolute Gasteiger partial charge is 0.478 e. The number of hydrogen-bond acceptors (Lipinski definition) is 3. The molecule has 0 bridgehead atoms. The van der Waals surface area contributed by atoms with E-state index < -0.39 is 5.97 Å². The summed E-state index contributed by atoms with van der Waals surface area (Å²) in [6, 6.07) is 11.0. The average Bonchev–Trinajstić information content (AvgIpc) is 2.30. The minimum atomic E-state index is -1.07. The summed E-state index contributed by atoms with van der Waals surface area (Å²) in [6.07, 6.45) is 1.57. The van der Waals surface area contributed by atoms with Crippen LogP contribution in [0.25, 0.3) is 11.1 Å². The second kappa shape index (κ2) is 4.02. The fourth-order valence-corrected chi connectivity index (χ4v) is 1.44. The van der Waals surface area contributed by atoms with E-state index >= 15 is 0 Å². The van der Waals surface area contributed by atoms with Gasteiger partial charge in [0.15, 0.2) is 0 Å². The topological polar surface area (TPSA) is 76.2 Å². The molecule has 16 heavy (non-hydrogen) atoms. The molecular weight excluding hydrogens is 204 g/mol. The summed E-state index contributed by atoms with van der Waals surface area (Å²) < 4.78 is 0. The highest BCUT2D eigenvalue weighted by atomic mass is 16.4. The van der Waals surface area contributed by atoms with Gasteiger partial charge in [-0.2, -0.15) is 0 Å². The second-order valence-electron chi connectivity index (χ2n) is 3.33. The minimum absolute atomic E-state index is 0.0290. The van der Waals surface area contributed by atoms with Gasteiger partial charge in [0.25, 0.3) is 0 Å². The van der Waals surface area contributed by atoms with Gasteiger partial charge >= 0.3 is 5.97 Å². The Kier molecular flexibility index (Phi) is 2.55. The Bertz CT molecular complexity index is 524. The Hall–Kier alpha value is -2.36. The van der Waals surface area contributed by atoms with Gasteiger partial charge in [-0.25, -0.2) is 9.78 Å². The third-order valence-corrected chi connectivity index (χ3v) is 2.26. The molecule has 0 unspecified atom stereocenters. The van der Waals surface area contributed by atoms with Crippen molar-refractivity contribution >= 4 is 11.8 Å². The van der Waals surface area contributed by atoms with Crippen LogP contribution in [0.3, 0.4) is 0 Å². The number of nitrogen functional groups attached to an aromatic ring is 1. The zero-order chi connectivity index (χ0) is 11.5. The predicted molar refractivity (Wildman–Crippen MR) is 61.0 cm³/mol. The number of rotatable bonds is 2. The molecule has 0 aliphatic heterocycles. The molecule has 0 saturated heterocycles. The van der Waals surface area contributed by atoms with Crippen molar-refractivity contribution in [3.8, 4) is 11.1 Å². The van der Waals surface area contributed by atoms with Gasteiger partial charge in [-0.15, -0.1) is 0 Å². The number of carboxylic acids is 1. The summed E-state index contributed by atoms with van der Waals surface area (Å²) in [5.41, 5.74) is 7.16. The van der Waals surface area contributed by atoms with Crippen molar-refractivity contribution < 1.29 is 9.90 Å². The smallest absolute Gasteiger partial charge is 0.339 e. The van der Waals surface area contributed by atoms with E-state index in [0.717, 1.165) is 11.1 Å². The molecule has 3 N–H and O–H groups in total. The molecule has 1 aromatic heterocycles. The van der Waals surface area contributed by atoms with Crippen LogP contribution in [-0.4, -0.2) is 16.1 Å². The molecule has 0 aliphatic carbocycles. The maximum atomic E-state index is 10.9. The van der Waals surface area contributed by atoms with Gasteiger partial charge in [0.05, 0.1) is 0 Å². The molecule has 80 valence electrons. The number of aromatic carboxylic acids is 1. The molecular formula is C12H10N2O2. The molecule has 0 saturated carbocycles. The van der Waals surface area contributed by atoms with Gasteiger partial charge in [-0.3, -0.25) is 0 Å². The molecule has 4 heteroatoms. The number of anilines is 1. The van der Waals surface area contributed by atoms with Gasteiger partial charge in [-0.05, 0) is 11.6 Å². The predicted octanol–water partition coefficient (Wildman–Crippen LogP) is 2.03. The summed E-state index contributed by atoms with van der Waals surface area (Å²) in [5, 5.41) is 8.92. The Morgan fingerprint density at radius 2 is 1.88 bits per heavy atom. The monoisotopic (exact) mass is 214 g/mol. The molecule has 0 fully saturated rings. The molecule has 2 rings (SSSR count). The zero-order valence-corrected chi connectivity index (χ0v) is 8.42. The van der Waals surface area contributed by atoms with Crippen molar-refractivity contribution in [1.29, 1.82) is 0 Å². The Morgan fingerprint density at radius 3 is 2.50 bits per heavy atom. The highest BCUT2D eigenvalue weighted by Gasteiger charge is 2.10. The lowest BCUT2D eigenvalue weighted by molar-refractivity contribution is 0.0698. The first-order chi connectivity index (χ1) is 7.68. The average molecular weight is 214 g/mol. The van der Waals surface area contributed by atoms with E-state index in [2.05, 4.69) is 4.98 Å². The molecule has 1 heterocycles. The molecule has 0 spiro atoms. The van der Waals surface area contributed by atoms with Crippen LogP contribution in [0.5, 0.6) is 0 Å². The SMILES string of the molecule is Nc1ncc(-c2ccccc2)cc1C(=O)O. The Morgan fingerprint density at radius 1 is 1.19 bits per heavy atom. The van der Waals surface area contributed by atoms with Crippen LogP contribution in [0.4, 0.5) is 5.82 Å². The van der Waals surface area contributed by atoms with Crippen LogP contribution in [0, 0.1) is 0 Å². The third kappa shape index (κ3) is 1.86. The van der Waals surface area contributed by atoms with Crippen LogP contribution in [0.2, 0.25) is 0 Å². The number of carbonyl (C=O) groups is 1. The number of hydrogen-bond donors (Lipinski definition) is 2. The van der Waals surface area contributed by atoms with E-state index in [4.69, 9.17) is 10.8 Å². The van der Waals surface area contributed by atoms with Crippen molar-refractivity contribution in [2.75, 3.05) is 5.73 Å². The molecule has 0 atom stereocenters. The molecule has 4 nitrogen and oxygen atoms in total. The fourth-order valence-electron chi connectivity index (χ4n) is 1.44. The number of carboxylic acid groups (broad SMARTS) is 1. The molecule has 2 aromatic rings. The lowest BCUT2D eigenvalue weighted by atomic mass is 10.1. The lowest BCUT2D eigenvalue weighted by Gasteiger charge is -2.04. The Labute approximate surface area is 92.4 Å². The fraction of sp³-hybridized carbons (Fsp3) is 0. The summed E-state index contributed by atoms with van der Waals surface area (Å²) in [5.74, 6) is -1.03. The lowest BCUT2D eigenvalue weighted by Crippen LogP contribution is -2.04. The first-order valence-corrected chi connectivity index (χ1v) is 4.72. The normalized spacial score (nSPS) is 10.0. The summed E-state index contributed by atoms with van der Waals surface area (Å²) in [7, 11) is 0. The van der Waals surface area contributed by atoms with Gasteiger partial charge < -0.3 is 10.8 Å². The molecule has 1 aromatic carbocycles. The van der Waals surface area contributed by atoms with Crippen LogP contribution in [0.1, 0.15) is 10.4 Å². The molecule has 0 aliphatic rings. The second-order valence-corrected chi connectivity index (χ2v) is 3.33. The number of nitrogens with zero attached hydrogens (tertiary/aromatic N) is 1. The third-order valence-electron chi connectivity index (χ3n) is 2.26. The number of benzene rings is 1. The quantitative estimate of drug-likeness (QED) is 0.801. The van der Waals surface area contributed by atoms with E-state index in [9.17, 15) is 4.79 Å². The minimum Gasteiger partial charge on any atom is -0.478 e. The maximum Gasteiger partial charge on any atom is 0.339 e. The van der Waals surface area contributed by atoms with Crippen molar-refractivity contribution in [2.45, 2.75) is 0 Å². The van der Waals surface area contributed by atoms with Gasteiger partial charge in [-0.1, -0.05) is 30.3 Å². The van der Waals surface area contributed by atoms with E-state index in [1.54, 1.807) is 6.20 Å². The van der Waals surface area contributed by atoms with Crippen LogP contribution in [-0.2, 0) is 0 Å². The first-order valence-electron chi connectivity index (χ1n) is 4.72. The van der Waals surface area contributed by atoms with Crippen molar-refractivity contribution in [2.24, 2.45) is 0 Å². The first kappa shape index (κ1) is 10.2. The van der Waals surface area contributed by atoms with Crippen LogP contribution >= 0.6 is 0 Å². The van der Waals surface area contributed by atoms with Gasteiger partial charge in [0.2, 0.25) is 0 Å². The standard InChI is InChI=1S/C12H10N2O2/c13-11-10(12(15)16)6-9(7-14-11)8-4-2-1-3-5-8/h1-7H,(H2,13,14)(H,15,16). The van der Waals surface area contributed by atoms with Gasteiger partial charge in [0.1, 0.15) is 11.4 Å². The summed E-state index contributed by atoms with van der Waals surface area (Å²) in [4.78, 5) is 14.8. The van der Waals surface area contributed by atoms with Crippen LogP contribution in [0.15, 0.2) is 42.6 Å². The number of aromatic nitrogens is 1. The molecule has 0 amide bonds. The van der Waals surface area contributed by atoms with E-state index in [0.29, 0.717) is 0 Å². The van der Waals surface area contributed by atoms with Crippen LogP contribution < -0.4 is 5.73 Å². The summed E-state index contributed by atoms with van der Waals surface area (Å²) >= 11 is 0. The van der Waals surface area contributed by atoms with Gasteiger partial charge in [0, 0.05) is 11.8 Å². The van der Waals surface area contributed by atoms with E-state index in [1.807, 2.05) is 30.3 Å². The summed E-state index contributed by atoms with van der Waals surface area (Å²) in [6.45, 7) is 0. The van der Waals surface area contributed by atoms with Crippen molar-refractivity contribution in [3.63, 3.8) is 0 Å². The molecule has 0 radical (unpaired) electrons. The number of nitrogens with two attached hydrogens (primary N) is 1. The highest BCUT2D eigenvalue weighted by molar-refractivity contribution is 5.94. The number of pyridine rings is 1. The zero-order valence-electron chi connectivity index (χ0n) is 8.42. The van der Waals surface area contributed by atoms with Crippen molar-refractivity contribution in [1.82, 2.24) is 4.98 Å². The van der Waals surface area contributed by atoms with E-state index in [-0.39, 0.29) is 11.4 Å². The Balaban J connectivity index is 2.52. The van der Waals surface area contributed by atoms with Crippen molar-refractivity contribution in [3.05, 3.63) is 48.2 Å².